The minimum atomic E-state index is -0.479. The fourth-order valence-electron chi connectivity index (χ4n) is 1.88. The second kappa shape index (κ2) is 8.57. The van der Waals surface area contributed by atoms with E-state index in [4.69, 9.17) is 4.74 Å². The van der Waals surface area contributed by atoms with Gasteiger partial charge in [-0.1, -0.05) is 14.4 Å². The van der Waals surface area contributed by atoms with Crippen molar-refractivity contribution < 1.29 is 19.4 Å². The summed E-state index contributed by atoms with van der Waals surface area (Å²) in [5, 5.41) is 9.18. The third-order valence-corrected chi connectivity index (χ3v) is 3.04. The van der Waals surface area contributed by atoms with Crippen LogP contribution >= 0.6 is 0 Å². The number of hydrogen-bond acceptors (Lipinski definition) is 4. The molecular weight excluding hydrogens is 280 g/mol. The Morgan fingerprint density at radius 3 is 2.23 bits per heavy atom. The van der Waals surface area contributed by atoms with Crippen LogP contribution in [0.4, 0.5) is 0 Å². The van der Waals surface area contributed by atoms with Gasteiger partial charge >= 0.3 is 5.97 Å². The van der Waals surface area contributed by atoms with Gasteiger partial charge in [0.15, 0.2) is 5.78 Å². The molecule has 4 nitrogen and oxygen atoms in total. The van der Waals surface area contributed by atoms with Crippen molar-refractivity contribution in [3.63, 3.8) is 0 Å². The molecule has 4 heteroatoms. The number of phenolic OH excluding ortho intramolecular Hbond substituents is 1. The topological polar surface area (TPSA) is 63.6 Å². The number of ketones is 1. The van der Waals surface area contributed by atoms with Crippen LogP contribution < -0.4 is 0 Å². The number of rotatable bonds is 6. The number of ether oxygens (including phenoxy) is 1. The summed E-state index contributed by atoms with van der Waals surface area (Å²) in [4.78, 5) is 23.7. The Kier molecular flexibility index (Phi) is 7.85. The molecule has 0 spiro atoms. The first-order valence-corrected chi connectivity index (χ1v) is 7.24. The number of Topliss-reactive ketones (excluding diaryl/α,β-unsaturated/α-hetero) is 1. The van der Waals surface area contributed by atoms with Gasteiger partial charge in [0.25, 0.3) is 0 Å². The van der Waals surface area contributed by atoms with Gasteiger partial charge in [-0.3, -0.25) is 9.59 Å². The Balaban J connectivity index is 0.00000441. The summed E-state index contributed by atoms with van der Waals surface area (Å²) in [7, 11) is 0. The second-order valence-corrected chi connectivity index (χ2v) is 6.30. The van der Waals surface area contributed by atoms with Crippen molar-refractivity contribution in [2.45, 2.75) is 60.0 Å². The summed E-state index contributed by atoms with van der Waals surface area (Å²) < 4.78 is 5.30. The van der Waals surface area contributed by atoms with Gasteiger partial charge in [-0.05, 0) is 57.9 Å². The Bertz CT molecular complexity index is 483. The number of phenols is 1. The van der Waals surface area contributed by atoms with Crippen LogP contribution in [0.15, 0.2) is 24.3 Å². The molecule has 22 heavy (non-hydrogen) atoms. The minimum Gasteiger partial charge on any atom is -0.508 e. The van der Waals surface area contributed by atoms with Crippen LogP contribution in [-0.2, 0) is 9.53 Å². The summed E-state index contributed by atoms with van der Waals surface area (Å²) in [5.74, 6) is -0.270. The SMILES string of the molecule is C.C[C@@H](CCCC(=O)c1ccc(O)cc1)C(=O)OC(C)(C)C. The molecule has 0 radical (unpaired) electrons. The Hall–Kier alpha value is -1.84. The van der Waals surface area contributed by atoms with Crippen molar-refractivity contribution in [1.29, 1.82) is 0 Å². The van der Waals surface area contributed by atoms with Crippen LogP contribution in [0.1, 0.15) is 64.7 Å². The molecule has 0 aliphatic carbocycles. The normalized spacial score (nSPS) is 12.2. The third-order valence-electron chi connectivity index (χ3n) is 3.04. The van der Waals surface area contributed by atoms with E-state index in [2.05, 4.69) is 0 Å². The molecule has 1 rings (SSSR count). The van der Waals surface area contributed by atoms with Gasteiger partial charge in [-0.15, -0.1) is 0 Å². The van der Waals surface area contributed by atoms with E-state index in [0.29, 0.717) is 24.8 Å². The first-order valence-electron chi connectivity index (χ1n) is 7.24. The van der Waals surface area contributed by atoms with Crippen LogP contribution in [0, 0.1) is 5.92 Å². The molecule has 0 saturated carbocycles. The molecule has 0 unspecified atom stereocenters. The van der Waals surface area contributed by atoms with E-state index in [0.717, 1.165) is 0 Å². The van der Waals surface area contributed by atoms with Crippen molar-refractivity contribution in [3.05, 3.63) is 29.8 Å². The zero-order chi connectivity index (χ0) is 16.0. The first kappa shape index (κ1) is 20.2. The second-order valence-electron chi connectivity index (χ2n) is 6.30. The highest BCUT2D eigenvalue weighted by Crippen LogP contribution is 2.17. The van der Waals surface area contributed by atoms with Gasteiger partial charge < -0.3 is 9.84 Å². The molecule has 1 aromatic rings. The van der Waals surface area contributed by atoms with Crippen LogP contribution in [-0.4, -0.2) is 22.5 Å². The lowest BCUT2D eigenvalue weighted by Gasteiger charge is -2.22. The monoisotopic (exact) mass is 308 g/mol. The van der Waals surface area contributed by atoms with E-state index in [1.54, 1.807) is 12.1 Å². The summed E-state index contributed by atoms with van der Waals surface area (Å²) in [6, 6.07) is 6.21. The summed E-state index contributed by atoms with van der Waals surface area (Å²) >= 11 is 0. The van der Waals surface area contributed by atoms with Crippen molar-refractivity contribution >= 4 is 11.8 Å². The molecule has 0 amide bonds. The van der Waals surface area contributed by atoms with Crippen LogP contribution in [0.3, 0.4) is 0 Å². The lowest BCUT2D eigenvalue weighted by Crippen LogP contribution is -2.27. The molecule has 1 aromatic carbocycles. The maximum absolute atomic E-state index is 11.9. The Morgan fingerprint density at radius 2 is 1.73 bits per heavy atom. The fraction of sp³-hybridized carbons (Fsp3) is 0.556. The zero-order valence-corrected chi connectivity index (χ0v) is 13.2. The highest BCUT2D eigenvalue weighted by Gasteiger charge is 2.21. The quantitative estimate of drug-likeness (QED) is 0.626. The number of aromatic hydroxyl groups is 1. The fourth-order valence-corrected chi connectivity index (χ4v) is 1.88. The Labute approximate surface area is 133 Å². The average Bonchev–Trinajstić information content (AvgIpc) is 2.37. The molecule has 0 aromatic heterocycles. The molecule has 0 fully saturated rings. The molecular formula is C18H28O4. The third kappa shape index (κ3) is 7.25. The van der Waals surface area contributed by atoms with Crippen molar-refractivity contribution in [2.24, 2.45) is 5.92 Å². The van der Waals surface area contributed by atoms with Crippen molar-refractivity contribution in [3.8, 4) is 5.75 Å². The van der Waals surface area contributed by atoms with Gasteiger partial charge in [-0.2, -0.15) is 0 Å². The smallest absolute Gasteiger partial charge is 0.309 e. The molecule has 0 aliphatic heterocycles. The highest BCUT2D eigenvalue weighted by atomic mass is 16.6. The number of hydrogen-bond donors (Lipinski definition) is 1. The zero-order valence-electron chi connectivity index (χ0n) is 13.2. The lowest BCUT2D eigenvalue weighted by atomic mass is 10.00. The van der Waals surface area contributed by atoms with Gasteiger partial charge in [-0.25, -0.2) is 0 Å². The van der Waals surface area contributed by atoms with E-state index in [1.807, 2.05) is 27.7 Å². The maximum Gasteiger partial charge on any atom is 0.309 e. The van der Waals surface area contributed by atoms with Crippen molar-refractivity contribution in [2.75, 3.05) is 0 Å². The minimum absolute atomic E-state index is 0. The van der Waals surface area contributed by atoms with E-state index in [9.17, 15) is 14.7 Å². The molecule has 1 atom stereocenters. The first-order chi connectivity index (χ1) is 9.69. The highest BCUT2D eigenvalue weighted by molar-refractivity contribution is 5.96. The summed E-state index contributed by atoms with van der Waals surface area (Å²) in [6.45, 7) is 7.34. The Morgan fingerprint density at radius 1 is 1.18 bits per heavy atom. The average molecular weight is 308 g/mol. The number of carbonyl (C=O) groups is 2. The van der Waals surface area contributed by atoms with E-state index in [1.165, 1.54) is 12.1 Å². The predicted molar refractivity (Wildman–Crippen MR) is 88.0 cm³/mol. The molecule has 1 N–H and O–H groups in total. The van der Waals surface area contributed by atoms with Crippen molar-refractivity contribution in [1.82, 2.24) is 0 Å². The number of carbonyl (C=O) groups excluding carboxylic acids is 2. The van der Waals surface area contributed by atoms with E-state index < -0.39 is 5.60 Å². The van der Waals surface area contributed by atoms with E-state index >= 15 is 0 Å². The molecule has 0 bridgehead atoms. The van der Waals surface area contributed by atoms with Gasteiger partial charge in [0.1, 0.15) is 11.4 Å². The van der Waals surface area contributed by atoms with Gasteiger partial charge in [0, 0.05) is 12.0 Å². The predicted octanol–water partition coefficient (Wildman–Crippen LogP) is 4.36. The number of esters is 1. The van der Waals surface area contributed by atoms with Crippen LogP contribution in [0.2, 0.25) is 0 Å². The van der Waals surface area contributed by atoms with Crippen LogP contribution in [0.5, 0.6) is 5.75 Å². The van der Waals surface area contributed by atoms with E-state index in [-0.39, 0.29) is 30.8 Å². The number of benzene rings is 1. The van der Waals surface area contributed by atoms with Gasteiger partial charge in [0.05, 0.1) is 5.92 Å². The molecule has 124 valence electrons. The lowest BCUT2D eigenvalue weighted by molar-refractivity contribution is -0.159. The maximum atomic E-state index is 11.9. The largest absolute Gasteiger partial charge is 0.508 e. The molecule has 0 heterocycles. The molecule has 0 saturated heterocycles. The summed E-state index contributed by atoms with van der Waals surface area (Å²) in [6.07, 6.45) is 1.65. The molecule has 0 aliphatic rings. The summed E-state index contributed by atoms with van der Waals surface area (Å²) in [5.41, 5.74) is 0.102. The standard InChI is InChI=1S/C17H24O4.CH4/c1-12(16(20)21-17(2,3)4)6-5-7-15(19)13-8-10-14(18)11-9-13;/h8-12,18H,5-7H2,1-4H3;1H4/t12-;/m0./s1. The van der Waals surface area contributed by atoms with Crippen LogP contribution in [0.25, 0.3) is 0 Å². The van der Waals surface area contributed by atoms with Gasteiger partial charge in [0.2, 0.25) is 0 Å².